The molecule has 0 radical (unpaired) electrons. The lowest BCUT2D eigenvalue weighted by Crippen LogP contribution is -2.10. The normalized spacial score (nSPS) is 10.1. The molecule has 0 saturated carbocycles. The number of carbonyl (C=O) groups excluding carboxylic acids is 1. The van der Waals surface area contributed by atoms with Gasteiger partial charge in [0.05, 0.1) is 29.6 Å². The molecule has 2 aromatic rings. The molecule has 9 heteroatoms. The molecule has 2 rings (SSSR count). The van der Waals surface area contributed by atoms with Gasteiger partial charge >= 0.3 is 11.7 Å². The van der Waals surface area contributed by atoms with Gasteiger partial charge in [-0.2, -0.15) is 5.26 Å². The molecule has 0 amide bonds. The van der Waals surface area contributed by atoms with Crippen LogP contribution in [0.4, 0.5) is 10.1 Å². The Hall–Kier alpha value is -3.18. The number of carbonyl (C=O) groups is 1. The van der Waals surface area contributed by atoms with Gasteiger partial charge in [0.1, 0.15) is 5.75 Å². The van der Waals surface area contributed by atoms with E-state index in [-0.39, 0.29) is 28.5 Å². The number of esters is 1. The van der Waals surface area contributed by atoms with Crippen molar-refractivity contribution in [3.05, 3.63) is 62.4 Å². The van der Waals surface area contributed by atoms with Crippen molar-refractivity contribution in [1.82, 2.24) is 0 Å². The van der Waals surface area contributed by atoms with Crippen molar-refractivity contribution in [3.8, 4) is 17.6 Å². The summed E-state index contributed by atoms with van der Waals surface area (Å²) in [6.45, 7) is 1.72. The third-order valence-electron chi connectivity index (χ3n) is 3.21. The molecule has 0 aliphatic heterocycles. The second-order valence-electron chi connectivity index (χ2n) is 5.02. The number of halogens is 2. The van der Waals surface area contributed by atoms with Gasteiger partial charge in [-0.05, 0) is 31.2 Å². The summed E-state index contributed by atoms with van der Waals surface area (Å²) < 4.78 is 24.8. The van der Waals surface area contributed by atoms with E-state index in [0.29, 0.717) is 0 Å². The summed E-state index contributed by atoms with van der Waals surface area (Å²) in [6, 6.07) is 7.89. The number of hydrogen-bond donors (Lipinski definition) is 0. The lowest BCUT2D eigenvalue weighted by atomic mass is 10.1. The lowest BCUT2D eigenvalue weighted by molar-refractivity contribution is -0.385. The fraction of sp³-hybridized carbons (Fsp3) is 0.176. The number of nitro groups is 1. The zero-order valence-electron chi connectivity index (χ0n) is 13.5. The molecule has 0 heterocycles. The van der Waals surface area contributed by atoms with E-state index in [4.69, 9.17) is 26.3 Å². The molecule has 0 aromatic heterocycles. The van der Waals surface area contributed by atoms with Gasteiger partial charge in [0.25, 0.3) is 0 Å². The molecule has 26 heavy (non-hydrogen) atoms. The Morgan fingerprint density at radius 1 is 1.38 bits per heavy atom. The molecular weight excluding hydrogens is 367 g/mol. The molecule has 7 nitrogen and oxygen atoms in total. The Balaban J connectivity index is 2.48. The van der Waals surface area contributed by atoms with E-state index in [1.807, 2.05) is 6.07 Å². The van der Waals surface area contributed by atoms with Crippen LogP contribution in [-0.2, 0) is 16.0 Å². The summed E-state index contributed by atoms with van der Waals surface area (Å²) in [7, 11) is 0. The highest BCUT2D eigenvalue weighted by Gasteiger charge is 2.25. The zero-order chi connectivity index (χ0) is 19.3. The number of rotatable bonds is 6. The summed E-state index contributed by atoms with van der Waals surface area (Å²) in [5, 5.41) is 20.3. The second kappa shape index (κ2) is 8.27. The molecule has 0 bridgehead atoms. The standard InChI is InChI=1S/C17H12ClFN2O5/c1-2-25-15(22)7-11-3-4-14(21(23)24)17(16(11)19)26-13-6-10(9-20)5-12(18)8-13/h3-6,8H,2,7H2,1H3. The minimum atomic E-state index is -1.06. The Labute approximate surface area is 152 Å². The van der Waals surface area contributed by atoms with Gasteiger partial charge in [-0.3, -0.25) is 14.9 Å². The Morgan fingerprint density at radius 3 is 2.73 bits per heavy atom. The molecule has 0 aliphatic rings. The molecule has 0 spiro atoms. The highest BCUT2D eigenvalue weighted by atomic mass is 35.5. The van der Waals surface area contributed by atoms with Gasteiger partial charge in [-0.25, -0.2) is 4.39 Å². The predicted octanol–water partition coefficient (Wildman–Crippen LogP) is 4.16. The average molecular weight is 379 g/mol. The first-order valence-corrected chi connectivity index (χ1v) is 7.73. The second-order valence-corrected chi connectivity index (χ2v) is 5.45. The molecule has 0 N–H and O–H groups in total. The summed E-state index contributed by atoms with van der Waals surface area (Å²) >= 11 is 5.85. The highest BCUT2D eigenvalue weighted by molar-refractivity contribution is 6.30. The van der Waals surface area contributed by atoms with Gasteiger partial charge in [0, 0.05) is 16.7 Å². The van der Waals surface area contributed by atoms with Crippen LogP contribution in [-0.4, -0.2) is 17.5 Å². The van der Waals surface area contributed by atoms with Crippen molar-refractivity contribution >= 4 is 23.3 Å². The summed E-state index contributed by atoms with van der Waals surface area (Å²) in [6.07, 6.45) is -0.410. The maximum atomic E-state index is 14.7. The Morgan fingerprint density at radius 2 is 2.12 bits per heavy atom. The first kappa shape index (κ1) is 19.1. The monoisotopic (exact) mass is 378 g/mol. The third kappa shape index (κ3) is 4.46. The predicted molar refractivity (Wildman–Crippen MR) is 89.6 cm³/mol. The van der Waals surface area contributed by atoms with Crippen LogP contribution in [0.5, 0.6) is 11.5 Å². The average Bonchev–Trinajstić information content (AvgIpc) is 2.57. The maximum absolute atomic E-state index is 14.7. The van der Waals surface area contributed by atoms with Gasteiger partial charge in [-0.1, -0.05) is 11.6 Å². The first-order valence-electron chi connectivity index (χ1n) is 7.35. The molecule has 0 fully saturated rings. The fourth-order valence-corrected chi connectivity index (χ4v) is 2.36. The van der Waals surface area contributed by atoms with Gasteiger partial charge < -0.3 is 9.47 Å². The van der Waals surface area contributed by atoms with Crippen LogP contribution < -0.4 is 4.74 Å². The third-order valence-corrected chi connectivity index (χ3v) is 3.43. The van der Waals surface area contributed by atoms with Crippen LogP contribution in [0.3, 0.4) is 0 Å². The maximum Gasteiger partial charge on any atom is 0.314 e. The van der Waals surface area contributed by atoms with Crippen molar-refractivity contribution in [3.63, 3.8) is 0 Å². The zero-order valence-corrected chi connectivity index (χ0v) is 14.2. The van der Waals surface area contributed by atoms with E-state index in [1.165, 1.54) is 18.2 Å². The molecule has 2 aromatic carbocycles. The Kier molecular flexibility index (Phi) is 6.09. The van der Waals surface area contributed by atoms with Gasteiger partial charge in [0.15, 0.2) is 5.82 Å². The van der Waals surface area contributed by atoms with Gasteiger partial charge in [0.2, 0.25) is 5.75 Å². The minimum absolute atomic E-state index is 0.0515. The smallest absolute Gasteiger partial charge is 0.314 e. The number of nitriles is 1. The quantitative estimate of drug-likeness (QED) is 0.425. The Bertz CT molecular complexity index is 911. The van der Waals surface area contributed by atoms with Crippen molar-refractivity contribution < 1.29 is 23.6 Å². The van der Waals surface area contributed by atoms with E-state index >= 15 is 0 Å². The number of nitro benzene ring substituents is 1. The summed E-state index contributed by atoms with van der Waals surface area (Å²) in [5.41, 5.74) is -0.613. The highest BCUT2D eigenvalue weighted by Crippen LogP contribution is 2.37. The van der Waals surface area contributed by atoms with Crippen molar-refractivity contribution in [2.24, 2.45) is 0 Å². The van der Waals surface area contributed by atoms with Crippen LogP contribution in [0, 0.1) is 27.3 Å². The summed E-state index contributed by atoms with van der Waals surface area (Å²) in [4.78, 5) is 21.9. The van der Waals surface area contributed by atoms with Crippen LogP contribution >= 0.6 is 11.6 Å². The number of ether oxygens (including phenoxy) is 2. The van der Waals surface area contributed by atoms with E-state index in [0.717, 1.165) is 12.1 Å². The van der Waals surface area contributed by atoms with Crippen molar-refractivity contribution in [1.29, 1.82) is 5.26 Å². The summed E-state index contributed by atoms with van der Waals surface area (Å²) in [5.74, 6) is -2.47. The number of hydrogen-bond acceptors (Lipinski definition) is 6. The molecule has 0 atom stereocenters. The van der Waals surface area contributed by atoms with E-state index in [1.54, 1.807) is 6.92 Å². The van der Waals surface area contributed by atoms with Crippen LogP contribution in [0.25, 0.3) is 0 Å². The molecular formula is C17H12ClFN2O5. The molecule has 0 aliphatic carbocycles. The number of benzene rings is 2. The SMILES string of the molecule is CCOC(=O)Cc1ccc([N+](=O)[O-])c(Oc2cc(Cl)cc(C#N)c2)c1F. The van der Waals surface area contributed by atoms with Gasteiger partial charge in [-0.15, -0.1) is 0 Å². The fourth-order valence-electron chi connectivity index (χ4n) is 2.14. The van der Waals surface area contributed by atoms with E-state index < -0.39 is 34.6 Å². The van der Waals surface area contributed by atoms with Crippen molar-refractivity contribution in [2.45, 2.75) is 13.3 Å². The molecule has 134 valence electrons. The largest absolute Gasteiger partial charge is 0.466 e. The molecule has 0 unspecified atom stereocenters. The van der Waals surface area contributed by atoms with Crippen LogP contribution in [0.1, 0.15) is 18.1 Å². The van der Waals surface area contributed by atoms with Crippen molar-refractivity contribution in [2.75, 3.05) is 6.61 Å². The van der Waals surface area contributed by atoms with E-state index in [9.17, 15) is 19.3 Å². The first-order chi connectivity index (χ1) is 12.3. The lowest BCUT2D eigenvalue weighted by Gasteiger charge is -2.11. The van der Waals surface area contributed by atoms with Crippen LogP contribution in [0.15, 0.2) is 30.3 Å². The topological polar surface area (TPSA) is 102 Å². The molecule has 0 saturated heterocycles. The minimum Gasteiger partial charge on any atom is -0.466 e. The van der Waals surface area contributed by atoms with Crippen LogP contribution in [0.2, 0.25) is 5.02 Å². The number of nitrogens with zero attached hydrogens (tertiary/aromatic N) is 2. The van der Waals surface area contributed by atoms with E-state index in [2.05, 4.69) is 0 Å².